The molecule has 110 valence electrons. The number of anilines is 1. The van der Waals surface area contributed by atoms with Gasteiger partial charge in [-0.1, -0.05) is 0 Å². The van der Waals surface area contributed by atoms with Crippen molar-refractivity contribution in [1.29, 1.82) is 0 Å². The number of methoxy groups -OCH3 is 1. The lowest BCUT2D eigenvalue weighted by Gasteiger charge is -2.34. The van der Waals surface area contributed by atoms with Crippen LogP contribution in [0.2, 0.25) is 0 Å². The molecule has 0 radical (unpaired) electrons. The van der Waals surface area contributed by atoms with Crippen LogP contribution in [0.5, 0.6) is 0 Å². The smallest absolute Gasteiger partial charge is 0.328 e. The minimum Gasteiger partial charge on any atom is -0.467 e. The van der Waals surface area contributed by atoms with Crippen molar-refractivity contribution in [3.8, 4) is 0 Å². The Kier molecular flexibility index (Phi) is 4.42. The van der Waals surface area contributed by atoms with Crippen molar-refractivity contribution in [2.45, 2.75) is 45.2 Å². The number of piperidine rings is 1. The molecule has 0 saturated carbocycles. The van der Waals surface area contributed by atoms with Crippen molar-refractivity contribution in [2.75, 3.05) is 18.6 Å². The molecular weight excluding hydrogens is 258 g/mol. The number of rotatable bonds is 3. The highest BCUT2D eigenvalue weighted by atomic mass is 16.5. The monoisotopic (exact) mass is 279 g/mol. The van der Waals surface area contributed by atoms with Crippen LogP contribution < -0.4 is 10.5 Å². The van der Waals surface area contributed by atoms with Gasteiger partial charge in [-0.05, 0) is 33.1 Å². The van der Waals surface area contributed by atoms with Gasteiger partial charge in [-0.15, -0.1) is 0 Å². The Labute approximate surface area is 118 Å². The number of esters is 1. The second kappa shape index (κ2) is 6.07. The molecule has 1 unspecified atom stereocenters. The summed E-state index contributed by atoms with van der Waals surface area (Å²) in [7, 11) is 1.37. The van der Waals surface area contributed by atoms with Crippen LogP contribution in [0, 0.1) is 0 Å². The molecule has 1 saturated heterocycles. The number of hydrogen-bond acceptors (Lipinski definition) is 5. The Morgan fingerprint density at radius 3 is 2.85 bits per heavy atom. The minimum absolute atomic E-state index is 0.0608. The first-order chi connectivity index (χ1) is 9.56. The summed E-state index contributed by atoms with van der Waals surface area (Å²) in [6.45, 7) is 4.54. The third kappa shape index (κ3) is 2.69. The molecule has 1 aliphatic heterocycles. The molecule has 0 amide bonds. The van der Waals surface area contributed by atoms with E-state index in [0.717, 1.165) is 12.8 Å². The number of carbonyl (C=O) groups excluding carboxylic acids is 1. The predicted octanol–water partition coefficient (Wildman–Crippen LogP) is 1.36. The van der Waals surface area contributed by atoms with Crippen molar-refractivity contribution < 1.29 is 9.53 Å². The van der Waals surface area contributed by atoms with E-state index in [1.54, 1.807) is 21.9 Å². The average molecular weight is 279 g/mol. The molecule has 2 heterocycles. The third-order valence-corrected chi connectivity index (χ3v) is 3.65. The zero-order chi connectivity index (χ0) is 14.7. The van der Waals surface area contributed by atoms with E-state index in [9.17, 15) is 9.59 Å². The quantitative estimate of drug-likeness (QED) is 0.782. The molecule has 20 heavy (non-hydrogen) atoms. The Bertz CT molecular complexity index is 539. The zero-order valence-electron chi connectivity index (χ0n) is 12.2. The fourth-order valence-electron chi connectivity index (χ4n) is 2.58. The zero-order valence-corrected chi connectivity index (χ0v) is 12.2. The van der Waals surface area contributed by atoms with Gasteiger partial charge in [-0.25, -0.2) is 9.78 Å². The van der Waals surface area contributed by atoms with Crippen LogP contribution in [0.25, 0.3) is 0 Å². The molecule has 6 nitrogen and oxygen atoms in total. The van der Waals surface area contributed by atoms with E-state index in [1.807, 2.05) is 13.8 Å². The number of hydrogen-bond donors (Lipinski definition) is 0. The summed E-state index contributed by atoms with van der Waals surface area (Å²) in [5.41, 5.74) is -0.154. The molecule has 1 aromatic rings. The maximum absolute atomic E-state index is 12.5. The molecule has 0 bridgehead atoms. The summed E-state index contributed by atoms with van der Waals surface area (Å²) in [5, 5.41) is 0. The van der Waals surface area contributed by atoms with Crippen LogP contribution >= 0.6 is 0 Å². The molecular formula is C14H21N3O3. The largest absolute Gasteiger partial charge is 0.467 e. The van der Waals surface area contributed by atoms with Crippen molar-refractivity contribution in [1.82, 2.24) is 9.55 Å². The molecule has 1 aliphatic rings. The van der Waals surface area contributed by atoms with Crippen LogP contribution in [0.1, 0.15) is 39.2 Å². The fourth-order valence-corrected chi connectivity index (χ4v) is 2.58. The Balaban J connectivity index is 2.40. The maximum atomic E-state index is 12.5. The molecule has 0 spiro atoms. The number of aromatic nitrogens is 2. The molecule has 6 heteroatoms. The molecule has 0 aromatic carbocycles. The van der Waals surface area contributed by atoms with Gasteiger partial charge in [0.25, 0.3) is 5.56 Å². The predicted molar refractivity (Wildman–Crippen MR) is 75.9 cm³/mol. The van der Waals surface area contributed by atoms with Gasteiger partial charge in [0, 0.05) is 25.0 Å². The van der Waals surface area contributed by atoms with Gasteiger partial charge in [0.2, 0.25) is 0 Å². The highest BCUT2D eigenvalue weighted by molar-refractivity contribution is 5.79. The molecule has 1 atom stereocenters. The van der Waals surface area contributed by atoms with Gasteiger partial charge in [0.05, 0.1) is 7.11 Å². The third-order valence-electron chi connectivity index (χ3n) is 3.65. The van der Waals surface area contributed by atoms with Crippen molar-refractivity contribution in [3.05, 3.63) is 22.7 Å². The first kappa shape index (κ1) is 14.6. The molecule has 1 fully saturated rings. The Morgan fingerprint density at radius 1 is 1.45 bits per heavy atom. The van der Waals surface area contributed by atoms with E-state index in [4.69, 9.17) is 4.74 Å². The van der Waals surface area contributed by atoms with Gasteiger partial charge >= 0.3 is 5.97 Å². The summed E-state index contributed by atoms with van der Waals surface area (Å²) in [5.74, 6) is 0.0437. The minimum atomic E-state index is -0.406. The summed E-state index contributed by atoms with van der Waals surface area (Å²) < 4.78 is 6.47. The van der Waals surface area contributed by atoms with Crippen LogP contribution in [0.4, 0.5) is 5.82 Å². The molecule has 2 rings (SSSR count). The van der Waals surface area contributed by atoms with E-state index in [2.05, 4.69) is 4.98 Å². The summed E-state index contributed by atoms with van der Waals surface area (Å²) >= 11 is 0. The highest BCUT2D eigenvalue weighted by Crippen LogP contribution is 2.21. The van der Waals surface area contributed by atoms with Crippen LogP contribution in [0.3, 0.4) is 0 Å². The van der Waals surface area contributed by atoms with Gasteiger partial charge in [0.15, 0.2) is 5.82 Å². The summed E-state index contributed by atoms with van der Waals surface area (Å²) in [4.78, 5) is 30.3. The normalized spacial score (nSPS) is 19.2. The van der Waals surface area contributed by atoms with Gasteiger partial charge < -0.3 is 14.2 Å². The van der Waals surface area contributed by atoms with Crippen molar-refractivity contribution in [3.63, 3.8) is 0 Å². The Hall–Kier alpha value is -1.85. The maximum Gasteiger partial charge on any atom is 0.328 e. The van der Waals surface area contributed by atoms with Crippen LogP contribution in [0.15, 0.2) is 17.2 Å². The topological polar surface area (TPSA) is 64.4 Å². The summed E-state index contributed by atoms with van der Waals surface area (Å²) in [6.07, 6.45) is 5.89. The lowest BCUT2D eigenvalue weighted by atomic mass is 10.0. The lowest BCUT2D eigenvalue weighted by Crippen LogP contribution is -2.48. The Morgan fingerprint density at radius 2 is 2.20 bits per heavy atom. The summed E-state index contributed by atoms with van der Waals surface area (Å²) in [6, 6.07) is -0.345. The van der Waals surface area contributed by atoms with Gasteiger partial charge in [-0.2, -0.15) is 0 Å². The molecule has 0 aliphatic carbocycles. The standard InChI is InChI=1S/C14H21N3O3/c1-10(2)16-9-7-15-12(13(16)18)17-8-5-4-6-11(17)14(19)20-3/h7,9-11H,4-6,8H2,1-3H3. The SMILES string of the molecule is COC(=O)C1CCCCN1c1nccn(C(C)C)c1=O. The van der Waals surface area contributed by atoms with Crippen LogP contribution in [-0.2, 0) is 9.53 Å². The molecule has 0 N–H and O–H groups in total. The second-order valence-electron chi connectivity index (χ2n) is 5.29. The molecule has 1 aromatic heterocycles. The van der Waals surface area contributed by atoms with E-state index < -0.39 is 6.04 Å². The van der Waals surface area contributed by atoms with E-state index in [1.165, 1.54) is 7.11 Å². The average Bonchev–Trinajstić information content (AvgIpc) is 2.46. The van der Waals surface area contributed by atoms with Gasteiger partial charge in [0.1, 0.15) is 6.04 Å². The highest BCUT2D eigenvalue weighted by Gasteiger charge is 2.32. The van der Waals surface area contributed by atoms with E-state index in [-0.39, 0.29) is 17.6 Å². The number of ether oxygens (including phenoxy) is 1. The van der Waals surface area contributed by atoms with E-state index >= 15 is 0 Å². The van der Waals surface area contributed by atoms with Gasteiger partial charge in [-0.3, -0.25) is 4.79 Å². The first-order valence-electron chi connectivity index (χ1n) is 6.98. The number of nitrogens with zero attached hydrogens (tertiary/aromatic N) is 3. The second-order valence-corrected chi connectivity index (χ2v) is 5.29. The fraction of sp³-hybridized carbons (Fsp3) is 0.643. The van der Waals surface area contributed by atoms with E-state index in [0.29, 0.717) is 18.8 Å². The lowest BCUT2D eigenvalue weighted by molar-refractivity contribution is -0.142. The van der Waals surface area contributed by atoms with Crippen LogP contribution in [-0.4, -0.2) is 35.2 Å². The first-order valence-corrected chi connectivity index (χ1v) is 6.98. The number of carbonyl (C=O) groups is 1. The van der Waals surface area contributed by atoms with Crippen molar-refractivity contribution in [2.24, 2.45) is 0 Å². The van der Waals surface area contributed by atoms with Crippen molar-refractivity contribution >= 4 is 11.8 Å².